The van der Waals surface area contributed by atoms with E-state index in [1.165, 1.54) is 0 Å². The van der Waals surface area contributed by atoms with Gasteiger partial charge in [0, 0.05) is 0 Å². The van der Waals surface area contributed by atoms with Gasteiger partial charge in [0.2, 0.25) is 0 Å². The maximum atomic E-state index is 11.3. The number of aliphatic carboxylic acids is 1. The lowest BCUT2D eigenvalue weighted by Crippen LogP contribution is -2.34. The Labute approximate surface area is 92.0 Å². The van der Waals surface area contributed by atoms with E-state index in [1.807, 2.05) is 0 Å². The van der Waals surface area contributed by atoms with Crippen LogP contribution >= 0.6 is 0 Å². The maximum absolute atomic E-state index is 11.3. The third kappa shape index (κ3) is 1.98. The molecular formula is C11H11NO4. The van der Waals surface area contributed by atoms with Gasteiger partial charge >= 0.3 is 5.97 Å². The predicted octanol–water partition coefficient (Wildman–Crippen LogP) is 1.03. The Hall–Kier alpha value is -2.04. The first-order chi connectivity index (χ1) is 7.56. The maximum Gasteiger partial charge on any atom is 0.307 e. The number of rotatable bonds is 2. The summed E-state index contributed by atoms with van der Waals surface area (Å²) in [5.41, 5.74) is 1.23. The highest BCUT2D eigenvalue weighted by Crippen LogP contribution is 2.30. The predicted molar refractivity (Wildman–Crippen MR) is 56.5 cm³/mol. The molecule has 1 atom stereocenters. The van der Waals surface area contributed by atoms with Crippen molar-refractivity contribution in [1.82, 2.24) is 0 Å². The second kappa shape index (κ2) is 3.84. The van der Waals surface area contributed by atoms with Gasteiger partial charge in [0.05, 0.1) is 12.1 Å². The number of hydrogen-bond donors (Lipinski definition) is 2. The minimum atomic E-state index is -0.896. The Kier molecular flexibility index (Phi) is 2.52. The van der Waals surface area contributed by atoms with E-state index in [-0.39, 0.29) is 12.3 Å². The van der Waals surface area contributed by atoms with Gasteiger partial charge in [-0.2, -0.15) is 0 Å². The van der Waals surface area contributed by atoms with Crippen molar-refractivity contribution in [2.24, 2.45) is 0 Å². The summed E-state index contributed by atoms with van der Waals surface area (Å²) in [5.74, 6) is -0.572. The van der Waals surface area contributed by atoms with Gasteiger partial charge in [-0.05, 0) is 24.6 Å². The van der Waals surface area contributed by atoms with E-state index in [0.717, 1.165) is 0 Å². The highest BCUT2D eigenvalue weighted by Gasteiger charge is 2.23. The summed E-state index contributed by atoms with van der Waals surface area (Å²) >= 11 is 0. The summed E-state index contributed by atoms with van der Waals surface area (Å²) in [6.07, 6.45) is -0.605. The van der Waals surface area contributed by atoms with E-state index in [4.69, 9.17) is 9.84 Å². The zero-order valence-corrected chi connectivity index (χ0v) is 8.69. The van der Waals surface area contributed by atoms with Gasteiger partial charge in [-0.15, -0.1) is 0 Å². The topological polar surface area (TPSA) is 75.6 Å². The first-order valence-corrected chi connectivity index (χ1v) is 4.88. The normalized spacial score (nSPS) is 18.3. The number of carboxylic acids is 1. The van der Waals surface area contributed by atoms with E-state index in [1.54, 1.807) is 25.1 Å². The molecular weight excluding hydrogens is 210 g/mol. The summed E-state index contributed by atoms with van der Waals surface area (Å²) < 4.78 is 5.36. The number of anilines is 1. The fraction of sp³-hybridized carbons (Fsp3) is 0.273. The molecule has 1 unspecified atom stereocenters. The van der Waals surface area contributed by atoms with Crippen LogP contribution in [0.15, 0.2) is 18.2 Å². The monoisotopic (exact) mass is 221 g/mol. The van der Waals surface area contributed by atoms with Crippen LogP contribution in [0, 0.1) is 0 Å². The molecule has 1 aliphatic heterocycles. The standard InChI is InChI=1S/C11H11NO4/c1-6-11(15)12-8-3-2-7(5-10(13)14)4-9(8)16-6/h2-4,6H,5H2,1H3,(H,12,15)(H,13,14). The van der Waals surface area contributed by atoms with Crippen LogP contribution in [-0.2, 0) is 16.0 Å². The van der Waals surface area contributed by atoms with Crippen molar-refractivity contribution >= 4 is 17.6 Å². The van der Waals surface area contributed by atoms with Crippen LogP contribution in [0.25, 0.3) is 0 Å². The van der Waals surface area contributed by atoms with Gasteiger partial charge in [0.25, 0.3) is 5.91 Å². The average molecular weight is 221 g/mol. The Morgan fingerprint density at radius 2 is 2.31 bits per heavy atom. The third-order valence-electron chi connectivity index (χ3n) is 2.33. The summed E-state index contributed by atoms with van der Waals surface area (Å²) in [4.78, 5) is 21.8. The zero-order valence-electron chi connectivity index (χ0n) is 8.69. The molecule has 1 aromatic rings. The number of benzene rings is 1. The van der Waals surface area contributed by atoms with Crippen LogP contribution in [-0.4, -0.2) is 23.1 Å². The van der Waals surface area contributed by atoms with Gasteiger partial charge in [-0.1, -0.05) is 6.07 Å². The fourth-order valence-corrected chi connectivity index (χ4v) is 1.53. The lowest BCUT2D eigenvalue weighted by atomic mass is 10.1. The highest BCUT2D eigenvalue weighted by atomic mass is 16.5. The molecule has 0 fully saturated rings. The van der Waals surface area contributed by atoms with Crippen molar-refractivity contribution in [1.29, 1.82) is 0 Å². The minimum Gasteiger partial charge on any atom is -0.481 e. The molecule has 1 amide bonds. The first-order valence-electron chi connectivity index (χ1n) is 4.88. The zero-order chi connectivity index (χ0) is 11.7. The van der Waals surface area contributed by atoms with Crippen molar-refractivity contribution in [2.45, 2.75) is 19.4 Å². The summed E-state index contributed by atoms with van der Waals surface area (Å²) in [6.45, 7) is 1.64. The molecule has 16 heavy (non-hydrogen) atoms. The number of amides is 1. The van der Waals surface area contributed by atoms with Crippen molar-refractivity contribution in [3.05, 3.63) is 23.8 Å². The molecule has 0 spiro atoms. The summed E-state index contributed by atoms with van der Waals surface area (Å²) in [6, 6.07) is 4.95. The van der Waals surface area contributed by atoms with Gasteiger partial charge in [0.15, 0.2) is 6.10 Å². The van der Waals surface area contributed by atoms with Crippen LogP contribution in [0.5, 0.6) is 5.75 Å². The van der Waals surface area contributed by atoms with Crippen LogP contribution in [0.4, 0.5) is 5.69 Å². The van der Waals surface area contributed by atoms with Crippen LogP contribution < -0.4 is 10.1 Å². The molecule has 0 saturated heterocycles. The fourth-order valence-electron chi connectivity index (χ4n) is 1.53. The van der Waals surface area contributed by atoms with E-state index >= 15 is 0 Å². The third-order valence-corrected chi connectivity index (χ3v) is 2.33. The molecule has 2 rings (SSSR count). The number of carbonyl (C=O) groups excluding carboxylic acids is 1. The summed E-state index contributed by atoms with van der Waals surface area (Å²) in [7, 11) is 0. The van der Waals surface area contributed by atoms with Gasteiger partial charge in [0.1, 0.15) is 5.75 Å². The van der Waals surface area contributed by atoms with Crippen LogP contribution in [0.2, 0.25) is 0 Å². The number of carboxylic acid groups (broad SMARTS) is 1. The molecule has 1 aromatic carbocycles. The lowest BCUT2D eigenvalue weighted by molar-refractivity contribution is -0.136. The first kappa shape index (κ1) is 10.5. The Balaban J connectivity index is 2.29. The smallest absolute Gasteiger partial charge is 0.307 e. The largest absolute Gasteiger partial charge is 0.481 e. The van der Waals surface area contributed by atoms with Gasteiger partial charge in [-0.3, -0.25) is 9.59 Å². The lowest BCUT2D eigenvalue weighted by Gasteiger charge is -2.23. The number of hydrogen-bond acceptors (Lipinski definition) is 3. The molecule has 0 aromatic heterocycles. The van der Waals surface area contributed by atoms with Crippen LogP contribution in [0.3, 0.4) is 0 Å². The molecule has 0 saturated carbocycles. The second-order valence-corrected chi connectivity index (χ2v) is 3.65. The molecule has 0 radical (unpaired) electrons. The van der Waals surface area contributed by atoms with Crippen molar-refractivity contribution < 1.29 is 19.4 Å². The van der Waals surface area contributed by atoms with Crippen molar-refractivity contribution in [3.63, 3.8) is 0 Å². The number of fused-ring (bicyclic) bond motifs is 1. The minimum absolute atomic E-state index is 0.0566. The summed E-state index contributed by atoms with van der Waals surface area (Å²) in [5, 5.41) is 11.3. The van der Waals surface area contributed by atoms with Gasteiger partial charge < -0.3 is 15.2 Å². The highest BCUT2D eigenvalue weighted by molar-refractivity contribution is 5.97. The van der Waals surface area contributed by atoms with Crippen LogP contribution in [0.1, 0.15) is 12.5 Å². The van der Waals surface area contributed by atoms with E-state index in [9.17, 15) is 9.59 Å². The Morgan fingerprint density at radius 3 is 3.00 bits per heavy atom. The molecule has 2 N–H and O–H groups in total. The van der Waals surface area contributed by atoms with Crippen molar-refractivity contribution in [3.8, 4) is 5.75 Å². The number of ether oxygens (including phenoxy) is 1. The van der Waals surface area contributed by atoms with E-state index in [0.29, 0.717) is 17.0 Å². The molecule has 0 bridgehead atoms. The van der Waals surface area contributed by atoms with E-state index in [2.05, 4.69) is 5.32 Å². The SMILES string of the molecule is CC1Oc2cc(CC(=O)O)ccc2NC1=O. The van der Waals surface area contributed by atoms with Crippen molar-refractivity contribution in [2.75, 3.05) is 5.32 Å². The average Bonchev–Trinajstić information content (AvgIpc) is 2.19. The molecule has 5 nitrogen and oxygen atoms in total. The number of carbonyl (C=O) groups is 2. The Bertz CT molecular complexity index is 455. The molecule has 1 aliphatic rings. The number of nitrogens with one attached hydrogen (secondary N) is 1. The quantitative estimate of drug-likeness (QED) is 0.782. The van der Waals surface area contributed by atoms with E-state index < -0.39 is 12.1 Å². The molecule has 84 valence electrons. The molecule has 5 heteroatoms. The second-order valence-electron chi connectivity index (χ2n) is 3.65. The van der Waals surface area contributed by atoms with Gasteiger partial charge in [-0.25, -0.2) is 0 Å². The Morgan fingerprint density at radius 1 is 1.56 bits per heavy atom. The molecule has 0 aliphatic carbocycles. The molecule has 1 heterocycles.